The van der Waals surface area contributed by atoms with Crippen LogP contribution in [-0.4, -0.2) is 12.1 Å². The normalized spacial score (nSPS) is 11.7. The van der Waals surface area contributed by atoms with E-state index in [2.05, 4.69) is 57.3 Å². The Morgan fingerprint density at radius 1 is 1.21 bits per heavy atom. The Kier molecular flexibility index (Phi) is 3.70. The van der Waals surface area contributed by atoms with Crippen LogP contribution in [-0.2, 0) is 6.42 Å². The molecule has 0 heterocycles. The second kappa shape index (κ2) is 4.61. The number of hydrogen-bond donors (Lipinski definition) is 1. The van der Waals surface area contributed by atoms with Crippen LogP contribution in [0.3, 0.4) is 0 Å². The summed E-state index contributed by atoms with van der Waals surface area (Å²) >= 11 is 0. The predicted octanol–water partition coefficient (Wildman–Crippen LogP) is 2.93. The van der Waals surface area contributed by atoms with Crippen molar-refractivity contribution in [3.8, 4) is 0 Å². The third-order valence-corrected chi connectivity index (χ3v) is 2.15. The molecule has 0 fully saturated rings. The molecule has 1 rings (SSSR count). The Morgan fingerprint density at radius 3 is 2.50 bits per heavy atom. The molecule has 0 aliphatic heterocycles. The van der Waals surface area contributed by atoms with Crippen molar-refractivity contribution in [2.75, 3.05) is 6.54 Å². The van der Waals surface area contributed by atoms with Crippen molar-refractivity contribution in [3.05, 3.63) is 35.4 Å². The maximum absolute atomic E-state index is 3.49. The van der Waals surface area contributed by atoms with E-state index >= 15 is 0 Å². The van der Waals surface area contributed by atoms with Crippen molar-refractivity contribution in [2.45, 2.75) is 39.7 Å². The highest BCUT2D eigenvalue weighted by Gasteiger charge is 2.07. The molecule has 0 aromatic heterocycles. The maximum atomic E-state index is 3.49. The Balaban J connectivity index is 2.39. The van der Waals surface area contributed by atoms with Crippen LogP contribution in [0.2, 0.25) is 0 Å². The van der Waals surface area contributed by atoms with Gasteiger partial charge in [0.25, 0.3) is 0 Å². The van der Waals surface area contributed by atoms with Gasteiger partial charge in [-0.2, -0.15) is 0 Å². The van der Waals surface area contributed by atoms with Gasteiger partial charge in [-0.15, -0.1) is 0 Å². The van der Waals surface area contributed by atoms with Gasteiger partial charge in [0, 0.05) is 5.54 Å². The zero-order valence-corrected chi connectivity index (χ0v) is 9.72. The first kappa shape index (κ1) is 11.3. The van der Waals surface area contributed by atoms with E-state index in [0.29, 0.717) is 0 Å². The van der Waals surface area contributed by atoms with Crippen LogP contribution in [0.1, 0.15) is 31.9 Å². The van der Waals surface area contributed by atoms with Crippen LogP contribution in [0.5, 0.6) is 0 Å². The van der Waals surface area contributed by atoms with E-state index in [1.807, 2.05) is 0 Å². The molecule has 0 aliphatic rings. The summed E-state index contributed by atoms with van der Waals surface area (Å²) < 4.78 is 0. The summed E-state index contributed by atoms with van der Waals surface area (Å²) in [7, 11) is 0. The van der Waals surface area contributed by atoms with Crippen molar-refractivity contribution in [3.63, 3.8) is 0 Å². The minimum absolute atomic E-state index is 0.226. The molecule has 0 spiro atoms. The minimum atomic E-state index is 0.226. The quantitative estimate of drug-likeness (QED) is 0.774. The van der Waals surface area contributed by atoms with Crippen molar-refractivity contribution in [2.24, 2.45) is 0 Å². The van der Waals surface area contributed by atoms with Crippen molar-refractivity contribution >= 4 is 0 Å². The summed E-state index contributed by atoms with van der Waals surface area (Å²) in [6, 6.07) is 8.71. The maximum Gasteiger partial charge on any atom is 0.00966 e. The van der Waals surface area contributed by atoms with Gasteiger partial charge in [0.1, 0.15) is 0 Å². The highest BCUT2D eigenvalue weighted by Crippen LogP contribution is 2.05. The number of rotatable bonds is 3. The Hall–Kier alpha value is -0.820. The molecule has 14 heavy (non-hydrogen) atoms. The molecule has 0 unspecified atom stereocenters. The largest absolute Gasteiger partial charge is 0.312 e. The molecule has 1 N–H and O–H groups in total. The average Bonchev–Trinajstić information content (AvgIpc) is 2.01. The molecular formula is C13H21N. The molecule has 0 saturated carbocycles. The topological polar surface area (TPSA) is 12.0 Å². The van der Waals surface area contributed by atoms with Crippen molar-refractivity contribution in [1.29, 1.82) is 0 Å². The van der Waals surface area contributed by atoms with Gasteiger partial charge >= 0.3 is 0 Å². The summed E-state index contributed by atoms with van der Waals surface area (Å²) in [5.74, 6) is 0. The van der Waals surface area contributed by atoms with Crippen LogP contribution in [0.15, 0.2) is 24.3 Å². The summed E-state index contributed by atoms with van der Waals surface area (Å²) in [4.78, 5) is 0. The first-order valence-corrected chi connectivity index (χ1v) is 5.28. The lowest BCUT2D eigenvalue weighted by molar-refractivity contribution is 0.429. The van der Waals surface area contributed by atoms with E-state index in [1.54, 1.807) is 0 Å². The summed E-state index contributed by atoms with van der Waals surface area (Å²) in [6.45, 7) is 9.78. The second-order valence-corrected chi connectivity index (χ2v) is 4.92. The Bertz CT molecular complexity index is 284. The highest BCUT2D eigenvalue weighted by molar-refractivity contribution is 5.22. The molecule has 0 bridgehead atoms. The molecule has 78 valence electrons. The van der Waals surface area contributed by atoms with Gasteiger partial charge in [0.2, 0.25) is 0 Å². The van der Waals surface area contributed by atoms with Gasteiger partial charge < -0.3 is 5.32 Å². The molecule has 1 nitrogen and oxygen atoms in total. The lowest BCUT2D eigenvalue weighted by atomic mass is 10.1. The molecule has 1 heteroatoms. The van der Waals surface area contributed by atoms with Gasteiger partial charge in [-0.25, -0.2) is 0 Å². The molecule has 0 saturated heterocycles. The van der Waals surface area contributed by atoms with Gasteiger partial charge in [0.05, 0.1) is 0 Å². The Labute approximate surface area is 87.5 Å². The molecule has 0 amide bonds. The van der Waals surface area contributed by atoms with E-state index in [1.165, 1.54) is 11.1 Å². The lowest BCUT2D eigenvalue weighted by Gasteiger charge is -2.20. The fourth-order valence-corrected chi connectivity index (χ4v) is 1.45. The highest BCUT2D eigenvalue weighted by atomic mass is 14.9. The Morgan fingerprint density at radius 2 is 1.93 bits per heavy atom. The van der Waals surface area contributed by atoms with Gasteiger partial charge in [-0.1, -0.05) is 29.8 Å². The molecule has 0 atom stereocenters. The van der Waals surface area contributed by atoms with Crippen LogP contribution in [0.25, 0.3) is 0 Å². The zero-order chi connectivity index (χ0) is 10.6. The zero-order valence-electron chi connectivity index (χ0n) is 9.72. The molecule has 0 radical (unpaired) electrons. The monoisotopic (exact) mass is 191 g/mol. The first-order chi connectivity index (χ1) is 6.47. The predicted molar refractivity (Wildman–Crippen MR) is 62.6 cm³/mol. The van der Waals surface area contributed by atoms with Crippen LogP contribution < -0.4 is 5.32 Å². The second-order valence-electron chi connectivity index (χ2n) is 4.92. The summed E-state index contributed by atoms with van der Waals surface area (Å²) in [6.07, 6.45) is 1.11. The smallest absolute Gasteiger partial charge is 0.00966 e. The minimum Gasteiger partial charge on any atom is -0.312 e. The third-order valence-electron chi connectivity index (χ3n) is 2.15. The van der Waals surface area contributed by atoms with E-state index < -0.39 is 0 Å². The van der Waals surface area contributed by atoms with Crippen molar-refractivity contribution in [1.82, 2.24) is 5.32 Å². The average molecular weight is 191 g/mol. The van der Waals surface area contributed by atoms with E-state index in [0.717, 1.165) is 13.0 Å². The molecule has 0 aliphatic carbocycles. The SMILES string of the molecule is Cc1cccc(CCNC(C)(C)C)c1. The molecular weight excluding hydrogens is 170 g/mol. The fraction of sp³-hybridized carbons (Fsp3) is 0.538. The van der Waals surface area contributed by atoms with Crippen LogP contribution in [0, 0.1) is 6.92 Å². The van der Waals surface area contributed by atoms with E-state index in [9.17, 15) is 0 Å². The number of nitrogens with one attached hydrogen (secondary N) is 1. The van der Waals surface area contributed by atoms with Gasteiger partial charge in [0.15, 0.2) is 0 Å². The van der Waals surface area contributed by atoms with Crippen LogP contribution >= 0.6 is 0 Å². The first-order valence-electron chi connectivity index (χ1n) is 5.28. The van der Waals surface area contributed by atoms with Crippen LogP contribution in [0.4, 0.5) is 0 Å². The third kappa shape index (κ3) is 4.43. The van der Waals surface area contributed by atoms with E-state index in [-0.39, 0.29) is 5.54 Å². The molecule has 1 aromatic rings. The number of hydrogen-bond acceptors (Lipinski definition) is 1. The summed E-state index contributed by atoms with van der Waals surface area (Å²) in [5.41, 5.74) is 2.99. The lowest BCUT2D eigenvalue weighted by Crippen LogP contribution is -2.37. The fourth-order valence-electron chi connectivity index (χ4n) is 1.45. The van der Waals surface area contributed by atoms with Gasteiger partial charge in [-0.05, 0) is 46.2 Å². The van der Waals surface area contributed by atoms with Gasteiger partial charge in [-0.3, -0.25) is 0 Å². The standard InChI is InChI=1S/C13H21N/c1-11-6-5-7-12(10-11)8-9-14-13(2,3)4/h5-7,10,14H,8-9H2,1-4H3. The number of benzene rings is 1. The molecule has 1 aromatic carbocycles. The van der Waals surface area contributed by atoms with E-state index in [4.69, 9.17) is 0 Å². The van der Waals surface area contributed by atoms with Crippen molar-refractivity contribution < 1.29 is 0 Å². The summed E-state index contributed by atoms with van der Waals surface area (Å²) in [5, 5.41) is 3.49. The number of aryl methyl sites for hydroxylation is 1.